The quantitative estimate of drug-likeness (QED) is 0.740. The number of nitrogens with one attached hydrogen (secondary N) is 1. The molecular formula is C14H30N2O. The topological polar surface area (TPSA) is 24.5 Å². The van der Waals surface area contributed by atoms with Crippen molar-refractivity contribution in [3.05, 3.63) is 0 Å². The van der Waals surface area contributed by atoms with E-state index in [1.807, 2.05) is 0 Å². The minimum Gasteiger partial charge on any atom is -0.378 e. The fraction of sp³-hybridized carbons (Fsp3) is 1.00. The third-order valence-electron chi connectivity index (χ3n) is 3.44. The first-order chi connectivity index (χ1) is 8.07. The van der Waals surface area contributed by atoms with Gasteiger partial charge in [0.25, 0.3) is 0 Å². The maximum atomic E-state index is 5.69. The molecule has 0 spiro atoms. The Balaban J connectivity index is 2.24. The molecule has 0 atom stereocenters. The van der Waals surface area contributed by atoms with Crippen molar-refractivity contribution < 1.29 is 4.74 Å². The zero-order chi connectivity index (χ0) is 12.7. The third-order valence-corrected chi connectivity index (χ3v) is 3.44. The molecule has 0 aromatic rings. The first-order valence-corrected chi connectivity index (χ1v) is 7.12. The Morgan fingerprint density at radius 1 is 1.24 bits per heavy atom. The summed E-state index contributed by atoms with van der Waals surface area (Å²) in [5, 5.41) is 3.46. The standard InChI is InChI=1S/C14H30N2O/c1-5-15-11-14(3,4)12-16-9-7-13(8-10-16)17-6-2/h13,15H,5-12H2,1-4H3. The molecule has 3 heteroatoms. The van der Waals surface area contributed by atoms with Crippen molar-refractivity contribution in [3.8, 4) is 0 Å². The van der Waals surface area contributed by atoms with Crippen LogP contribution in [0, 0.1) is 5.41 Å². The van der Waals surface area contributed by atoms with Crippen LogP contribution < -0.4 is 5.32 Å². The van der Waals surface area contributed by atoms with Gasteiger partial charge in [0.2, 0.25) is 0 Å². The molecule has 1 aliphatic rings. The SMILES string of the molecule is CCNCC(C)(C)CN1CCC(OCC)CC1. The molecule has 0 saturated carbocycles. The number of ether oxygens (including phenoxy) is 1. The molecule has 17 heavy (non-hydrogen) atoms. The van der Waals surface area contributed by atoms with Crippen molar-refractivity contribution in [3.63, 3.8) is 0 Å². The van der Waals surface area contributed by atoms with Crippen LogP contribution in [0.25, 0.3) is 0 Å². The fourth-order valence-corrected chi connectivity index (χ4v) is 2.59. The van der Waals surface area contributed by atoms with Crippen molar-refractivity contribution in [1.29, 1.82) is 0 Å². The molecule has 0 aromatic carbocycles. The average Bonchev–Trinajstić information content (AvgIpc) is 2.29. The van der Waals surface area contributed by atoms with E-state index in [0.29, 0.717) is 11.5 Å². The second-order valence-corrected chi connectivity index (χ2v) is 5.88. The molecule has 0 radical (unpaired) electrons. The molecule has 0 bridgehead atoms. The molecule has 1 N–H and O–H groups in total. The predicted molar refractivity (Wildman–Crippen MR) is 73.4 cm³/mol. The van der Waals surface area contributed by atoms with Gasteiger partial charge in [-0.3, -0.25) is 0 Å². The van der Waals surface area contributed by atoms with Gasteiger partial charge < -0.3 is 15.0 Å². The van der Waals surface area contributed by atoms with E-state index in [4.69, 9.17) is 4.74 Å². The van der Waals surface area contributed by atoms with Crippen LogP contribution in [-0.2, 0) is 4.74 Å². The Kier molecular flexibility index (Phi) is 6.45. The van der Waals surface area contributed by atoms with Crippen LogP contribution in [0.5, 0.6) is 0 Å². The van der Waals surface area contributed by atoms with Crippen LogP contribution in [0.1, 0.15) is 40.5 Å². The number of hydrogen-bond acceptors (Lipinski definition) is 3. The van der Waals surface area contributed by atoms with Gasteiger partial charge in [0.1, 0.15) is 0 Å². The average molecular weight is 242 g/mol. The fourth-order valence-electron chi connectivity index (χ4n) is 2.59. The van der Waals surface area contributed by atoms with E-state index in [1.54, 1.807) is 0 Å². The lowest BCUT2D eigenvalue weighted by Crippen LogP contribution is -2.45. The highest BCUT2D eigenvalue weighted by molar-refractivity contribution is 4.80. The van der Waals surface area contributed by atoms with E-state index in [9.17, 15) is 0 Å². The van der Waals surface area contributed by atoms with Crippen LogP contribution in [0.3, 0.4) is 0 Å². The molecular weight excluding hydrogens is 212 g/mol. The summed E-state index contributed by atoms with van der Waals surface area (Å²) in [6.45, 7) is 15.6. The summed E-state index contributed by atoms with van der Waals surface area (Å²) in [5.41, 5.74) is 0.370. The molecule has 0 aliphatic carbocycles. The Morgan fingerprint density at radius 2 is 1.88 bits per heavy atom. The second-order valence-electron chi connectivity index (χ2n) is 5.88. The van der Waals surface area contributed by atoms with Crippen molar-refractivity contribution in [2.75, 3.05) is 39.3 Å². The van der Waals surface area contributed by atoms with E-state index < -0.39 is 0 Å². The van der Waals surface area contributed by atoms with Gasteiger partial charge in [-0.15, -0.1) is 0 Å². The van der Waals surface area contributed by atoms with Crippen LogP contribution in [0.15, 0.2) is 0 Å². The summed E-state index contributed by atoms with van der Waals surface area (Å²) in [6.07, 6.45) is 2.91. The van der Waals surface area contributed by atoms with Gasteiger partial charge in [-0.2, -0.15) is 0 Å². The molecule has 1 heterocycles. The number of nitrogens with zero attached hydrogens (tertiary/aromatic N) is 1. The normalized spacial score (nSPS) is 19.8. The molecule has 1 fully saturated rings. The smallest absolute Gasteiger partial charge is 0.0599 e. The van der Waals surface area contributed by atoms with Crippen molar-refractivity contribution >= 4 is 0 Å². The number of rotatable bonds is 7. The highest BCUT2D eigenvalue weighted by atomic mass is 16.5. The van der Waals surface area contributed by atoms with Gasteiger partial charge in [-0.1, -0.05) is 20.8 Å². The van der Waals surface area contributed by atoms with E-state index in [0.717, 1.165) is 19.7 Å². The second kappa shape index (κ2) is 7.34. The van der Waals surface area contributed by atoms with Gasteiger partial charge in [-0.05, 0) is 31.7 Å². The Morgan fingerprint density at radius 3 is 2.41 bits per heavy atom. The van der Waals surface area contributed by atoms with Crippen LogP contribution in [0.4, 0.5) is 0 Å². The summed E-state index contributed by atoms with van der Waals surface area (Å²) in [6, 6.07) is 0. The maximum absolute atomic E-state index is 5.69. The molecule has 1 aliphatic heterocycles. The summed E-state index contributed by atoms with van der Waals surface area (Å²) >= 11 is 0. The van der Waals surface area contributed by atoms with Gasteiger partial charge >= 0.3 is 0 Å². The first-order valence-electron chi connectivity index (χ1n) is 7.12. The third kappa shape index (κ3) is 5.84. The van der Waals surface area contributed by atoms with E-state index in [-0.39, 0.29) is 0 Å². The molecule has 102 valence electrons. The molecule has 0 amide bonds. The molecule has 0 unspecified atom stereocenters. The summed E-state index contributed by atoms with van der Waals surface area (Å²) in [5.74, 6) is 0. The molecule has 1 saturated heterocycles. The Bertz CT molecular complexity index is 198. The van der Waals surface area contributed by atoms with E-state index in [1.165, 1.54) is 32.5 Å². The van der Waals surface area contributed by atoms with Gasteiger partial charge in [0.05, 0.1) is 6.10 Å². The van der Waals surface area contributed by atoms with Crippen LogP contribution in [-0.4, -0.2) is 50.3 Å². The monoisotopic (exact) mass is 242 g/mol. The lowest BCUT2D eigenvalue weighted by atomic mass is 9.91. The molecule has 3 nitrogen and oxygen atoms in total. The number of hydrogen-bond donors (Lipinski definition) is 1. The summed E-state index contributed by atoms with van der Waals surface area (Å²) < 4.78 is 5.69. The van der Waals surface area contributed by atoms with Crippen molar-refractivity contribution in [2.45, 2.75) is 46.6 Å². The zero-order valence-corrected chi connectivity index (χ0v) is 12.1. The maximum Gasteiger partial charge on any atom is 0.0599 e. The molecule has 1 rings (SSSR count). The minimum atomic E-state index is 0.370. The number of piperidine rings is 1. The highest BCUT2D eigenvalue weighted by Crippen LogP contribution is 2.20. The minimum absolute atomic E-state index is 0.370. The first kappa shape index (κ1) is 14.9. The van der Waals surface area contributed by atoms with E-state index in [2.05, 4.69) is 37.9 Å². The van der Waals surface area contributed by atoms with Crippen molar-refractivity contribution in [1.82, 2.24) is 10.2 Å². The summed E-state index contributed by atoms with van der Waals surface area (Å²) in [7, 11) is 0. The zero-order valence-electron chi connectivity index (χ0n) is 12.1. The lowest BCUT2D eigenvalue weighted by Gasteiger charge is -2.37. The largest absolute Gasteiger partial charge is 0.378 e. The van der Waals surface area contributed by atoms with Gasteiger partial charge in [0, 0.05) is 32.8 Å². The van der Waals surface area contributed by atoms with Crippen LogP contribution in [0.2, 0.25) is 0 Å². The van der Waals surface area contributed by atoms with Gasteiger partial charge in [0.15, 0.2) is 0 Å². The predicted octanol–water partition coefficient (Wildman–Crippen LogP) is 2.12. The summed E-state index contributed by atoms with van der Waals surface area (Å²) in [4.78, 5) is 2.59. The molecule has 0 aromatic heterocycles. The lowest BCUT2D eigenvalue weighted by molar-refractivity contribution is 0.00660. The highest BCUT2D eigenvalue weighted by Gasteiger charge is 2.25. The number of likely N-dealkylation sites (tertiary alicyclic amines) is 1. The Labute approximate surface area is 107 Å². The van der Waals surface area contributed by atoms with Gasteiger partial charge in [-0.25, -0.2) is 0 Å². The Hall–Kier alpha value is -0.120. The van der Waals surface area contributed by atoms with Crippen LogP contribution >= 0.6 is 0 Å². The van der Waals surface area contributed by atoms with E-state index >= 15 is 0 Å². The van der Waals surface area contributed by atoms with Crippen molar-refractivity contribution in [2.24, 2.45) is 5.41 Å².